The molecule has 6 rings (SSSR count). The number of nitrogens with zero attached hydrogens (tertiary/aromatic N) is 7. The molecular formula is C25H27N9O2. The Kier molecular flexibility index (Phi) is 5.39. The molecule has 2 aliphatic rings. The van der Waals surface area contributed by atoms with Gasteiger partial charge >= 0.3 is 0 Å². The first kappa shape index (κ1) is 22.2. The fourth-order valence-corrected chi connectivity index (χ4v) is 4.93. The molecule has 4 heterocycles. The molecule has 0 unspecified atom stereocenters. The summed E-state index contributed by atoms with van der Waals surface area (Å²) in [5.74, 6) is 0.517. The van der Waals surface area contributed by atoms with Gasteiger partial charge in [0.2, 0.25) is 5.95 Å². The summed E-state index contributed by atoms with van der Waals surface area (Å²) < 4.78 is 3.45. The zero-order chi connectivity index (χ0) is 24.8. The van der Waals surface area contributed by atoms with Gasteiger partial charge in [-0.25, -0.2) is 0 Å². The van der Waals surface area contributed by atoms with E-state index < -0.39 is 5.91 Å². The van der Waals surface area contributed by atoms with Crippen LogP contribution in [0.2, 0.25) is 0 Å². The van der Waals surface area contributed by atoms with Crippen molar-refractivity contribution in [2.24, 2.45) is 12.8 Å². The van der Waals surface area contributed by atoms with Crippen LogP contribution in [0.3, 0.4) is 0 Å². The Labute approximate surface area is 207 Å². The van der Waals surface area contributed by atoms with Crippen molar-refractivity contribution in [3.8, 4) is 0 Å². The number of hydrogen-bond acceptors (Lipinski definition) is 8. The first-order valence-corrected chi connectivity index (χ1v) is 12.2. The van der Waals surface area contributed by atoms with Gasteiger partial charge in [-0.05, 0) is 54.7 Å². The number of anilines is 3. The second kappa shape index (κ2) is 8.74. The summed E-state index contributed by atoms with van der Waals surface area (Å²) >= 11 is 0. The van der Waals surface area contributed by atoms with E-state index in [0.29, 0.717) is 30.6 Å². The maximum absolute atomic E-state index is 13.4. The van der Waals surface area contributed by atoms with E-state index in [-0.39, 0.29) is 23.1 Å². The lowest BCUT2D eigenvalue weighted by molar-refractivity contribution is 0.0995. The number of pyridine rings is 1. The number of amides is 1. The molecule has 1 saturated carbocycles. The summed E-state index contributed by atoms with van der Waals surface area (Å²) in [5, 5.41) is 17.2. The summed E-state index contributed by atoms with van der Waals surface area (Å²) in [6, 6.07) is 8.22. The summed E-state index contributed by atoms with van der Waals surface area (Å²) in [5.41, 5.74) is 7.44. The number of aromatic nitrogens is 6. The molecule has 3 aromatic heterocycles. The van der Waals surface area contributed by atoms with Gasteiger partial charge in [0.1, 0.15) is 0 Å². The molecule has 184 valence electrons. The van der Waals surface area contributed by atoms with Gasteiger partial charge in [0.25, 0.3) is 11.5 Å². The molecule has 11 nitrogen and oxygen atoms in total. The van der Waals surface area contributed by atoms with Crippen LogP contribution < -0.4 is 21.5 Å². The molecule has 3 N–H and O–H groups in total. The summed E-state index contributed by atoms with van der Waals surface area (Å²) in [7, 11) is 1.79. The minimum atomic E-state index is -0.725. The number of rotatable bonds is 6. The third-order valence-corrected chi connectivity index (χ3v) is 6.95. The maximum atomic E-state index is 13.4. The van der Waals surface area contributed by atoms with Gasteiger partial charge < -0.3 is 20.5 Å². The fourth-order valence-electron chi connectivity index (χ4n) is 4.93. The van der Waals surface area contributed by atoms with Crippen LogP contribution in [0.15, 0.2) is 47.7 Å². The molecule has 1 aliphatic heterocycles. The highest BCUT2D eigenvalue weighted by molar-refractivity contribution is 5.96. The average Bonchev–Trinajstić information content (AvgIpc) is 3.66. The monoisotopic (exact) mass is 485 g/mol. The molecule has 1 atom stereocenters. The third kappa shape index (κ3) is 4.16. The Bertz CT molecular complexity index is 1520. The Hall–Kier alpha value is -4.28. The normalized spacial score (nSPS) is 17.9. The van der Waals surface area contributed by atoms with Crippen molar-refractivity contribution >= 4 is 34.1 Å². The second-order valence-electron chi connectivity index (χ2n) is 9.59. The van der Waals surface area contributed by atoms with Crippen LogP contribution in [0.5, 0.6) is 0 Å². The standard InChI is InChI=1S/C25H27N9O2/c1-32-13-18(12-27-32)28-23-21(22(26)35)30-31-25(29-23)33-9-2-3-19(14-33)34-10-8-17-11-16(15-4-5-15)6-7-20(17)24(34)36/h6-8,10-13,15,19H,2-5,9,14H2,1H3,(H2,26,35)(H,28,29,31)/t19-/m0/s1. The van der Waals surface area contributed by atoms with Crippen molar-refractivity contribution in [1.29, 1.82) is 0 Å². The lowest BCUT2D eigenvalue weighted by atomic mass is 10.0. The van der Waals surface area contributed by atoms with E-state index >= 15 is 0 Å². The Morgan fingerprint density at radius 1 is 1.17 bits per heavy atom. The highest BCUT2D eigenvalue weighted by Gasteiger charge is 2.27. The van der Waals surface area contributed by atoms with Crippen molar-refractivity contribution in [1.82, 2.24) is 29.5 Å². The number of fused-ring (bicyclic) bond motifs is 1. The second-order valence-corrected chi connectivity index (χ2v) is 9.59. The number of benzene rings is 1. The third-order valence-electron chi connectivity index (χ3n) is 6.95. The molecule has 11 heteroatoms. The Morgan fingerprint density at radius 2 is 2.03 bits per heavy atom. The first-order valence-electron chi connectivity index (χ1n) is 12.2. The number of nitrogens with one attached hydrogen (secondary N) is 1. The molecule has 1 aromatic carbocycles. The minimum absolute atomic E-state index is 0.0174. The van der Waals surface area contributed by atoms with Crippen LogP contribution in [0.4, 0.5) is 17.5 Å². The zero-order valence-electron chi connectivity index (χ0n) is 20.0. The smallest absolute Gasteiger partial charge is 0.273 e. The number of primary amides is 1. The topological polar surface area (TPSA) is 137 Å². The van der Waals surface area contributed by atoms with Crippen LogP contribution in [-0.2, 0) is 7.05 Å². The summed E-state index contributed by atoms with van der Waals surface area (Å²) in [6.07, 6.45) is 9.47. The molecule has 0 radical (unpaired) electrons. The minimum Gasteiger partial charge on any atom is -0.364 e. The van der Waals surface area contributed by atoms with Crippen molar-refractivity contribution in [3.63, 3.8) is 0 Å². The van der Waals surface area contributed by atoms with Crippen molar-refractivity contribution < 1.29 is 4.79 Å². The predicted molar refractivity (Wildman–Crippen MR) is 136 cm³/mol. The van der Waals surface area contributed by atoms with Gasteiger partial charge in [-0.1, -0.05) is 12.1 Å². The molecular weight excluding hydrogens is 458 g/mol. The van der Waals surface area contributed by atoms with Crippen LogP contribution in [-0.4, -0.2) is 48.5 Å². The number of carbonyl (C=O) groups is 1. The lowest BCUT2D eigenvalue weighted by Crippen LogP contribution is -2.40. The molecule has 1 saturated heterocycles. The first-order chi connectivity index (χ1) is 17.5. The van der Waals surface area contributed by atoms with Gasteiger partial charge in [0, 0.05) is 37.9 Å². The van der Waals surface area contributed by atoms with E-state index in [0.717, 1.165) is 23.6 Å². The van der Waals surface area contributed by atoms with Crippen LogP contribution in [0.1, 0.15) is 53.7 Å². The highest BCUT2D eigenvalue weighted by Crippen LogP contribution is 2.40. The van der Waals surface area contributed by atoms with Gasteiger partial charge in [-0.3, -0.25) is 14.3 Å². The van der Waals surface area contributed by atoms with E-state index in [1.54, 1.807) is 24.1 Å². The Balaban J connectivity index is 1.28. The predicted octanol–water partition coefficient (Wildman–Crippen LogP) is 2.48. The SMILES string of the molecule is Cn1cc(Nc2nc(N3CCC[C@H](n4ccc5cc(C6CC6)ccc5c4=O)C3)nnc2C(N)=O)cn1. The van der Waals surface area contributed by atoms with Gasteiger partial charge in [0.05, 0.1) is 17.9 Å². The van der Waals surface area contributed by atoms with E-state index in [1.165, 1.54) is 18.4 Å². The Morgan fingerprint density at radius 3 is 2.78 bits per heavy atom. The van der Waals surface area contributed by atoms with E-state index in [4.69, 9.17) is 5.73 Å². The van der Waals surface area contributed by atoms with E-state index in [9.17, 15) is 9.59 Å². The zero-order valence-corrected chi connectivity index (χ0v) is 20.0. The highest BCUT2D eigenvalue weighted by atomic mass is 16.1. The number of carbonyl (C=O) groups excluding carboxylic acids is 1. The number of hydrogen-bond donors (Lipinski definition) is 2. The number of piperidine rings is 1. The van der Waals surface area contributed by atoms with Crippen molar-refractivity contribution in [2.75, 3.05) is 23.3 Å². The summed E-state index contributed by atoms with van der Waals surface area (Å²) in [6.45, 7) is 1.27. The van der Waals surface area contributed by atoms with Crippen molar-refractivity contribution in [2.45, 2.75) is 37.6 Å². The van der Waals surface area contributed by atoms with E-state index in [1.807, 2.05) is 27.8 Å². The molecule has 0 bridgehead atoms. The number of nitrogens with two attached hydrogens (primary N) is 1. The van der Waals surface area contributed by atoms with Gasteiger partial charge in [0.15, 0.2) is 11.5 Å². The molecule has 0 spiro atoms. The maximum Gasteiger partial charge on any atom is 0.273 e. The average molecular weight is 486 g/mol. The van der Waals surface area contributed by atoms with E-state index in [2.05, 4.69) is 37.7 Å². The summed E-state index contributed by atoms with van der Waals surface area (Å²) in [4.78, 5) is 31.9. The van der Waals surface area contributed by atoms with Crippen molar-refractivity contribution in [3.05, 3.63) is 64.5 Å². The molecule has 2 fully saturated rings. The molecule has 36 heavy (non-hydrogen) atoms. The number of aryl methyl sites for hydroxylation is 1. The fraction of sp³-hybridized carbons (Fsp3) is 0.360. The lowest BCUT2D eigenvalue weighted by Gasteiger charge is -2.33. The molecule has 1 amide bonds. The van der Waals surface area contributed by atoms with Gasteiger partial charge in [-0.2, -0.15) is 10.1 Å². The van der Waals surface area contributed by atoms with Crippen LogP contribution >= 0.6 is 0 Å². The van der Waals surface area contributed by atoms with Gasteiger partial charge in [-0.15, -0.1) is 10.2 Å². The molecule has 4 aromatic rings. The van der Waals surface area contributed by atoms with Crippen LogP contribution in [0, 0.1) is 0 Å². The quantitative estimate of drug-likeness (QED) is 0.425. The molecule has 1 aliphatic carbocycles. The van der Waals surface area contributed by atoms with Crippen LogP contribution in [0.25, 0.3) is 10.8 Å². The largest absolute Gasteiger partial charge is 0.364 e.